The molecule has 1 atom stereocenters. The average Bonchev–Trinajstić information content (AvgIpc) is 2.80. The van der Waals surface area contributed by atoms with E-state index < -0.39 is 45.3 Å². The lowest BCUT2D eigenvalue weighted by Crippen LogP contribution is -2.39. The van der Waals surface area contributed by atoms with Crippen molar-refractivity contribution >= 4 is 27.5 Å². The maximum atomic E-state index is 13.6. The third-order valence-electron chi connectivity index (χ3n) is 4.56. The van der Waals surface area contributed by atoms with E-state index in [0.717, 1.165) is 36.4 Å². The Balaban J connectivity index is 1.85. The second-order valence-corrected chi connectivity index (χ2v) is 8.52. The minimum absolute atomic E-state index is 0.0108. The highest BCUT2D eigenvalue weighted by Crippen LogP contribution is 2.20. The molecule has 0 saturated carbocycles. The lowest BCUT2D eigenvalue weighted by molar-refractivity contribution is -0.122. The average molecular weight is 477 g/mol. The first kappa shape index (κ1) is 23.8. The fourth-order valence-electron chi connectivity index (χ4n) is 2.89. The number of hydrogen-bond acceptors (Lipinski definition) is 4. The van der Waals surface area contributed by atoms with Crippen LogP contribution in [0.25, 0.3) is 0 Å². The molecule has 0 saturated heterocycles. The first-order valence-electron chi connectivity index (χ1n) is 9.46. The maximum Gasteiger partial charge on any atom is 0.261 e. The van der Waals surface area contributed by atoms with Gasteiger partial charge in [-0.1, -0.05) is 12.1 Å². The lowest BCUT2D eigenvalue weighted by atomic mass is 10.0. The van der Waals surface area contributed by atoms with Gasteiger partial charge in [0.15, 0.2) is 11.6 Å². The highest BCUT2D eigenvalue weighted by Gasteiger charge is 2.24. The zero-order valence-electron chi connectivity index (χ0n) is 17.1. The van der Waals surface area contributed by atoms with Crippen LogP contribution < -0.4 is 15.4 Å². The van der Waals surface area contributed by atoms with Crippen molar-refractivity contribution in [1.29, 1.82) is 0 Å². The van der Waals surface area contributed by atoms with Gasteiger partial charge in [0.1, 0.15) is 11.9 Å². The van der Waals surface area contributed by atoms with Crippen LogP contribution in [0.4, 0.5) is 18.9 Å². The highest BCUT2D eigenvalue weighted by molar-refractivity contribution is 7.92. The molecule has 0 bridgehead atoms. The molecule has 33 heavy (non-hydrogen) atoms. The Morgan fingerprint density at radius 3 is 2.21 bits per heavy atom. The van der Waals surface area contributed by atoms with E-state index in [9.17, 15) is 31.2 Å². The third kappa shape index (κ3) is 5.69. The monoisotopic (exact) mass is 477 g/mol. The van der Waals surface area contributed by atoms with Crippen LogP contribution in [0, 0.1) is 17.5 Å². The van der Waals surface area contributed by atoms with Crippen LogP contribution in [-0.4, -0.2) is 27.3 Å². The Labute approximate surface area is 187 Å². The van der Waals surface area contributed by atoms with Crippen molar-refractivity contribution in [3.63, 3.8) is 0 Å². The molecule has 172 valence electrons. The number of halogens is 3. The van der Waals surface area contributed by atoms with Crippen molar-refractivity contribution in [3.05, 3.63) is 95.3 Å². The smallest absolute Gasteiger partial charge is 0.261 e. The van der Waals surface area contributed by atoms with Crippen molar-refractivity contribution in [2.75, 3.05) is 11.8 Å². The SMILES string of the molecule is CNC(=O)C(NC(=O)c1cccc(S(=O)(=O)Nc2ccc(F)cc2)c1)c1ccc(F)c(F)c1. The standard InChI is InChI=1S/C22H18F3N3O4S/c1-26-22(30)20(13-5-10-18(24)19(25)12-13)27-21(29)14-3-2-4-17(11-14)33(31,32)28-16-8-6-15(23)7-9-16/h2-12,20,28H,1H3,(H,26,30)(H,27,29). The normalized spacial score (nSPS) is 12.0. The molecule has 0 fully saturated rings. The number of sulfonamides is 1. The summed E-state index contributed by atoms with van der Waals surface area (Å²) in [5.74, 6) is -4.38. The Morgan fingerprint density at radius 1 is 0.879 bits per heavy atom. The van der Waals surface area contributed by atoms with Crippen LogP contribution in [0.5, 0.6) is 0 Å². The quantitative estimate of drug-likeness (QED) is 0.486. The largest absolute Gasteiger partial charge is 0.357 e. The Hall–Kier alpha value is -3.86. The molecule has 3 N–H and O–H groups in total. The molecule has 0 aromatic heterocycles. The molecule has 0 radical (unpaired) electrons. The van der Waals surface area contributed by atoms with Crippen molar-refractivity contribution < 1.29 is 31.2 Å². The van der Waals surface area contributed by atoms with E-state index in [0.29, 0.717) is 0 Å². The summed E-state index contributed by atoms with van der Waals surface area (Å²) < 4.78 is 67.5. The van der Waals surface area contributed by atoms with Gasteiger partial charge >= 0.3 is 0 Å². The van der Waals surface area contributed by atoms with Crippen LogP contribution in [0.1, 0.15) is 22.0 Å². The predicted octanol–water partition coefficient (Wildman–Crippen LogP) is 3.12. The van der Waals surface area contributed by atoms with Gasteiger partial charge in [-0.2, -0.15) is 0 Å². The van der Waals surface area contributed by atoms with E-state index in [2.05, 4.69) is 15.4 Å². The second-order valence-electron chi connectivity index (χ2n) is 6.83. The lowest BCUT2D eigenvalue weighted by Gasteiger charge is -2.18. The zero-order valence-corrected chi connectivity index (χ0v) is 17.9. The molecule has 11 heteroatoms. The van der Waals surface area contributed by atoms with E-state index in [1.54, 1.807) is 0 Å². The number of amides is 2. The number of rotatable bonds is 7. The molecule has 3 aromatic rings. The molecule has 0 aliphatic rings. The van der Waals surface area contributed by atoms with Gasteiger partial charge in [-0.3, -0.25) is 14.3 Å². The topological polar surface area (TPSA) is 104 Å². The minimum atomic E-state index is -4.12. The molecule has 0 aliphatic carbocycles. The van der Waals surface area contributed by atoms with Gasteiger partial charge in [-0.15, -0.1) is 0 Å². The summed E-state index contributed by atoms with van der Waals surface area (Å²) >= 11 is 0. The van der Waals surface area contributed by atoms with E-state index in [-0.39, 0.29) is 21.7 Å². The molecule has 0 aliphatic heterocycles. The molecule has 3 aromatic carbocycles. The van der Waals surface area contributed by atoms with Crippen LogP contribution in [-0.2, 0) is 14.8 Å². The second kappa shape index (κ2) is 9.74. The first-order valence-corrected chi connectivity index (χ1v) is 10.9. The van der Waals surface area contributed by atoms with Gasteiger partial charge in [0.25, 0.3) is 15.9 Å². The zero-order chi connectivity index (χ0) is 24.2. The van der Waals surface area contributed by atoms with Gasteiger partial charge in [0, 0.05) is 18.3 Å². The Morgan fingerprint density at radius 2 is 1.58 bits per heavy atom. The molecule has 2 amide bonds. The van der Waals surface area contributed by atoms with E-state index in [1.165, 1.54) is 37.4 Å². The minimum Gasteiger partial charge on any atom is -0.357 e. The molecule has 0 spiro atoms. The number of carbonyl (C=O) groups excluding carboxylic acids is 2. The first-order chi connectivity index (χ1) is 15.6. The van der Waals surface area contributed by atoms with Crippen molar-refractivity contribution in [3.8, 4) is 0 Å². The van der Waals surface area contributed by atoms with Crippen LogP contribution in [0.15, 0.2) is 71.6 Å². The summed E-state index contributed by atoms with van der Waals surface area (Å²) in [6, 6.07) is 11.0. The summed E-state index contributed by atoms with van der Waals surface area (Å²) in [6.07, 6.45) is 0. The van der Waals surface area contributed by atoms with Crippen molar-refractivity contribution in [1.82, 2.24) is 10.6 Å². The predicted molar refractivity (Wildman–Crippen MR) is 114 cm³/mol. The molecular formula is C22H18F3N3O4S. The van der Waals surface area contributed by atoms with Crippen molar-refractivity contribution in [2.24, 2.45) is 0 Å². The van der Waals surface area contributed by atoms with E-state index in [4.69, 9.17) is 0 Å². The Kier molecular flexibility index (Phi) is 7.02. The summed E-state index contributed by atoms with van der Waals surface area (Å²) in [5.41, 5.74) is 0.00101. The number of benzene rings is 3. The molecule has 3 rings (SSSR count). The molecule has 0 heterocycles. The Bertz CT molecular complexity index is 1300. The summed E-state index contributed by atoms with van der Waals surface area (Å²) in [4.78, 5) is 24.8. The number of likely N-dealkylation sites (N-methyl/N-ethyl adjacent to an activating group) is 1. The molecule has 1 unspecified atom stereocenters. The molecular weight excluding hydrogens is 459 g/mol. The van der Waals surface area contributed by atoms with Gasteiger partial charge in [-0.05, 0) is 60.2 Å². The van der Waals surface area contributed by atoms with E-state index in [1.807, 2.05) is 0 Å². The van der Waals surface area contributed by atoms with Crippen LogP contribution in [0.2, 0.25) is 0 Å². The maximum absolute atomic E-state index is 13.6. The van der Waals surface area contributed by atoms with E-state index >= 15 is 0 Å². The summed E-state index contributed by atoms with van der Waals surface area (Å²) in [7, 11) is -2.82. The number of nitrogens with one attached hydrogen (secondary N) is 3. The van der Waals surface area contributed by atoms with Crippen LogP contribution in [0.3, 0.4) is 0 Å². The summed E-state index contributed by atoms with van der Waals surface area (Å²) in [6.45, 7) is 0. The van der Waals surface area contributed by atoms with Gasteiger partial charge in [-0.25, -0.2) is 21.6 Å². The third-order valence-corrected chi connectivity index (χ3v) is 5.94. The number of carbonyl (C=O) groups is 2. The van der Waals surface area contributed by atoms with Crippen molar-refractivity contribution in [2.45, 2.75) is 10.9 Å². The summed E-state index contributed by atoms with van der Waals surface area (Å²) in [5, 5.41) is 4.70. The van der Waals surface area contributed by atoms with Gasteiger partial charge < -0.3 is 10.6 Å². The van der Waals surface area contributed by atoms with Crippen LogP contribution >= 0.6 is 0 Å². The highest BCUT2D eigenvalue weighted by atomic mass is 32.2. The number of anilines is 1. The molecule has 7 nitrogen and oxygen atoms in total. The van der Waals surface area contributed by atoms with Gasteiger partial charge in [0.05, 0.1) is 4.90 Å². The fraction of sp³-hybridized carbons (Fsp3) is 0.0909. The fourth-order valence-corrected chi connectivity index (χ4v) is 3.99. The number of hydrogen-bond donors (Lipinski definition) is 3. The van der Waals surface area contributed by atoms with Gasteiger partial charge in [0.2, 0.25) is 5.91 Å².